The van der Waals surface area contributed by atoms with Gasteiger partial charge in [-0.05, 0) is 56.8 Å². The quantitative estimate of drug-likeness (QED) is 0.793. The summed E-state index contributed by atoms with van der Waals surface area (Å²) >= 11 is 0. The third-order valence-corrected chi connectivity index (χ3v) is 4.23. The van der Waals surface area contributed by atoms with Gasteiger partial charge in [-0.25, -0.2) is 9.97 Å². The highest BCUT2D eigenvalue weighted by Crippen LogP contribution is 2.24. The number of halogens is 1. The highest BCUT2D eigenvalue weighted by molar-refractivity contribution is 5.85. The monoisotopic (exact) mass is 336 g/mol. The highest BCUT2D eigenvalue weighted by Gasteiger charge is 2.13. The minimum atomic E-state index is 0. The van der Waals surface area contributed by atoms with E-state index in [1.165, 1.54) is 19.3 Å². The second kappa shape index (κ2) is 8.89. The van der Waals surface area contributed by atoms with Crippen molar-refractivity contribution in [2.45, 2.75) is 25.7 Å². The molecule has 23 heavy (non-hydrogen) atoms. The van der Waals surface area contributed by atoms with Gasteiger partial charge >= 0.3 is 0 Å². The van der Waals surface area contributed by atoms with Gasteiger partial charge in [-0.2, -0.15) is 0 Å². The van der Waals surface area contributed by atoms with E-state index in [4.69, 9.17) is 4.74 Å². The number of fused-ring (bicyclic) bond motifs is 1. The number of hydrogen-bond donors (Lipinski definition) is 2. The minimum absolute atomic E-state index is 0. The molecule has 1 fully saturated rings. The van der Waals surface area contributed by atoms with E-state index in [2.05, 4.69) is 20.6 Å². The lowest BCUT2D eigenvalue weighted by atomic mass is 9.93. The topological polar surface area (TPSA) is 59.1 Å². The lowest BCUT2D eigenvalue weighted by molar-refractivity contribution is 0.268. The van der Waals surface area contributed by atoms with E-state index in [0.717, 1.165) is 36.5 Å². The Kier molecular flexibility index (Phi) is 6.86. The Balaban J connectivity index is 0.00000192. The van der Waals surface area contributed by atoms with E-state index in [0.29, 0.717) is 18.3 Å². The first-order valence-corrected chi connectivity index (χ1v) is 8.15. The zero-order chi connectivity index (χ0) is 15.2. The fraction of sp³-hybridized carbons (Fsp3) is 0.529. The molecule has 0 aliphatic carbocycles. The van der Waals surface area contributed by atoms with Gasteiger partial charge in [0, 0.05) is 7.05 Å². The molecule has 2 aromatic rings. The van der Waals surface area contributed by atoms with Crippen LogP contribution in [0.4, 0.5) is 5.82 Å². The second-order valence-electron chi connectivity index (χ2n) is 5.80. The van der Waals surface area contributed by atoms with Crippen LogP contribution in [0.3, 0.4) is 0 Å². The molecule has 2 heterocycles. The molecule has 0 amide bonds. The summed E-state index contributed by atoms with van der Waals surface area (Å²) in [5, 5.41) is 6.48. The third kappa shape index (κ3) is 4.69. The lowest BCUT2D eigenvalue weighted by Crippen LogP contribution is -2.27. The molecule has 0 saturated carbocycles. The van der Waals surface area contributed by atoms with E-state index >= 15 is 0 Å². The van der Waals surface area contributed by atoms with Crippen molar-refractivity contribution in [2.24, 2.45) is 5.92 Å². The lowest BCUT2D eigenvalue weighted by Gasteiger charge is -2.22. The van der Waals surface area contributed by atoms with Gasteiger partial charge in [0.2, 0.25) is 0 Å². The van der Waals surface area contributed by atoms with Crippen molar-refractivity contribution >= 4 is 29.3 Å². The van der Waals surface area contributed by atoms with Gasteiger partial charge in [0.25, 0.3) is 5.88 Å². The number of rotatable bonds is 6. The molecule has 1 aliphatic rings. The molecular weight excluding hydrogens is 312 g/mol. The van der Waals surface area contributed by atoms with Crippen molar-refractivity contribution in [3.05, 3.63) is 24.3 Å². The maximum absolute atomic E-state index is 5.88. The van der Waals surface area contributed by atoms with Crippen LogP contribution in [0.5, 0.6) is 5.88 Å². The van der Waals surface area contributed by atoms with E-state index in [1.807, 2.05) is 31.3 Å². The SMILES string of the molecule is CNc1nc2ccccc2nc1OCCCC1CCNCC1.Cl. The second-order valence-corrected chi connectivity index (χ2v) is 5.80. The van der Waals surface area contributed by atoms with Crippen molar-refractivity contribution in [3.63, 3.8) is 0 Å². The molecule has 0 atom stereocenters. The van der Waals surface area contributed by atoms with Gasteiger partial charge < -0.3 is 15.4 Å². The van der Waals surface area contributed by atoms with Crippen LogP contribution in [0.1, 0.15) is 25.7 Å². The molecule has 0 bridgehead atoms. The number of nitrogens with one attached hydrogen (secondary N) is 2. The number of hydrogen-bond acceptors (Lipinski definition) is 5. The normalized spacial score (nSPS) is 15.2. The van der Waals surface area contributed by atoms with Crippen LogP contribution in [-0.2, 0) is 0 Å². The number of piperidine rings is 1. The first-order valence-electron chi connectivity index (χ1n) is 8.15. The Morgan fingerprint density at radius 3 is 2.57 bits per heavy atom. The summed E-state index contributed by atoms with van der Waals surface area (Å²) in [6, 6.07) is 7.86. The van der Waals surface area contributed by atoms with Gasteiger partial charge in [0.1, 0.15) is 0 Å². The fourth-order valence-electron chi connectivity index (χ4n) is 2.96. The summed E-state index contributed by atoms with van der Waals surface area (Å²) in [7, 11) is 1.85. The average molecular weight is 337 g/mol. The minimum Gasteiger partial charge on any atom is -0.475 e. The third-order valence-electron chi connectivity index (χ3n) is 4.23. The Bertz CT molecular complexity index is 617. The number of ether oxygens (including phenoxy) is 1. The molecule has 1 aliphatic heterocycles. The molecule has 6 heteroatoms. The Labute approximate surface area is 143 Å². The van der Waals surface area contributed by atoms with Gasteiger partial charge in [-0.3, -0.25) is 0 Å². The zero-order valence-corrected chi connectivity index (χ0v) is 14.4. The standard InChI is InChI=1S/C17H24N4O.ClH/c1-18-16-17(21-15-7-3-2-6-14(15)20-16)22-12-4-5-13-8-10-19-11-9-13;/h2-3,6-7,13,19H,4-5,8-12H2,1H3,(H,18,20);1H. The summed E-state index contributed by atoms with van der Waals surface area (Å²) in [6.45, 7) is 3.02. The molecule has 5 nitrogen and oxygen atoms in total. The van der Waals surface area contributed by atoms with Crippen LogP contribution >= 0.6 is 12.4 Å². The number of aromatic nitrogens is 2. The van der Waals surface area contributed by atoms with Crippen LogP contribution < -0.4 is 15.4 Å². The van der Waals surface area contributed by atoms with Gasteiger partial charge in [0.15, 0.2) is 5.82 Å². The molecule has 1 aromatic heterocycles. The van der Waals surface area contributed by atoms with Gasteiger partial charge in [0.05, 0.1) is 17.6 Å². The van der Waals surface area contributed by atoms with E-state index in [9.17, 15) is 0 Å². The molecular formula is C17H25ClN4O. The largest absolute Gasteiger partial charge is 0.475 e. The number of nitrogens with zero attached hydrogens (tertiary/aromatic N) is 2. The predicted octanol–water partition coefficient (Wildman–Crippen LogP) is 3.25. The van der Waals surface area contributed by atoms with Gasteiger partial charge in [-0.15, -0.1) is 12.4 Å². The van der Waals surface area contributed by atoms with Crippen molar-refractivity contribution in [1.82, 2.24) is 15.3 Å². The van der Waals surface area contributed by atoms with Gasteiger partial charge in [-0.1, -0.05) is 12.1 Å². The van der Waals surface area contributed by atoms with E-state index in [1.54, 1.807) is 0 Å². The molecule has 2 N–H and O–H groups in total. The Morgan fingerprint density at radius 2 is 1.87 bits per heavy atom. The number of anilines is 1. The first kappa shape index (κ1) is 17.8. The number of benzene rings is 1. The molecule has 1 aromatic carbocycles. The summed E-state index contributed by atoms with van der Waals surface area (Å²) in [5.74, 6) is 2.16. The molecule has 0 unspecified atom stereocenters. The molecule has 126 valence electrons. The first-order chi connectivity index (χ1) is 10.9. The van der Waals surface area contributed by atoms with Crippen molar-refractivity contribution in [2.75, 3.05) is 32.1 Å². The van der Waals surface area contributed by atoms with Crippen LogP contribution in [-0.4, -0.2) is 36.7 Å². The van der Waals surface area contributed by atoms with E-state index < -0.39 is 0 Å². The molecule has 1 saturated heterocycles. The predicted molar refractivity (Wildman–Crippen MR) is 96.7 cm³/mol. The molecule has 0 spiro atoms. The summed E-state index contributed by atoms with van der Waals surface area (Å²) < 4.78 is 5.88. The maximum Gasteiger partial charge on any atom is 0.258 e. The van der Waals surface area contributed by atoms with Crippen LogP contribution in [0.25, 0.3) is 11.0 Å². The average Bonchev–Trinajstić information content (AvgIpc) is 2.59. The van der Waals surface area contributed by atoms with Crippen molar-refractivity contribution in [1.29, 1.82) is 0 Å². The number of para-hydroxylation sites is 2. The smallest absolute Gasteiger partial charge is 0.258 e. The van der Waals surface area contributed by atoms with Crippen LogP contribution in [0.2, 0.25) is 0 Å². The maximum atomic E-state index is 5.88. The van der Waals surface area contributed by atoms with Crippen LogP contribution in [0.15, 0.2) is 24.3 Å². The highest BCUT2D eigenvalue weighted by atomic mass is 35.5. The molecule has 3 rings (SSSR count). The van der Waals surface area contributed by atoms with Crippen LogP contribution in [0, 0.1) is 5.92 Å². The Hall–Kier alpha value is -1.59. The fourth-order valence-corrected chi connectivity index (χ4v) is 2.96. The van der Waals surface area contributed by atoms with E-state index in [-0.39, 0.29) is 12.4 Å². The summed E-state index contributed by atoms with van der Waals surface area (Å²) in [4.78, 5) is 9.13. The van der Waals surface area contributed by atoms with Crippen molar-refractivity contribution in [3.8, 4) is 5.88 Å². The molecule has 0 radical (unpaired) electrons. The zero-order valence-electron chi connectivity index (χ0n) is 13.5. The summed E-state index contributed by atoms with van der Waals surface area (Å²) in [6.07, 6.45) is 4.88. The Morgan fingerprint density at radius 1 is 1.17 bits per heavy atom. The van der Waals surface area contributed by atoms with Crippen molar-refractivity contribution < 1.29 is 4.74 Å². The summed E-state index contributed by atoms with van der Waals surface area (Å²) in [5.41, 5.74) is 1.75.